The third-order valence-corrected chi connectivity index (χ3v) is 4.55. The van der Waals surface area contributed by atoms with Crippen molar-refractivity contribution in [2.75, 3.05) is 20.3 Å². The Labute approximate surface area is 100 Å². The van der Waals surface area contributed by atoms with Crippen LogP contribution in [-0.2, 0) is 9.53 Å². The Morgan fingerprint density at radius 3 is 2.94 bits per heavy atom. The lowest BCUT2D eigenvalue weighted by Crippen LogP contribution is -2.54. The Morgan fingerprint density at radius 2 is 2.24 bits per heavy atom. The molecule has 3 bridgehead atoms. The number of hydrogen-bond acceptors (Lipinski definition) is 4. The van der Waals surface area contributed by atoms with E-state index in [9.17, 15) is 9.90 Å². The highest BCUT2D eigenvalue weighted by atomic mass is 16.5. The zero-order chi connectivity index (χ0) is 12.2. The first-order valence-corrected chi connectivity index (χ1v) is 6.18. The van der Waals surface area contributed by atoms with Crippen LogP contribution in [0.5, 0.6) is 0 Å². The van der Waals surface area contributed by atoms with Gasteiger partial charge in [0.15, 0.2) is 0 Å². The highest BCUT2D eigenvalue weighted by molar-refractivity contribution is 5.92. The van der Waals surface area contributed by atoms with Crippen LogP contribution in [0.15, 0.2) is 0 Å². The smallest absolute Gasteiger partial charge is 0.248 e. The second kappa shape index (κ2) is 3.78. The number of nitrogens with one attached hydrogen (secondary N) is 1. The van der Waals surface area contributed by atoms with Crippen LogP contribution in [0.1, 0.15) is 12.8 Å². The molecule has 0 radical (unpaired) electrons. The Bertz CT molecular complexity index is 371. The lowest BCUT2D eigenvalue weighted by Gasteiger charge is -2.42. The highest BCUT2D eigenvalue weighted by Crippen LogP contribution is 2.48. The molecule has 5 heteroatoms. The number of aliphatic hydroxyl groups excluding tert-OH is 1. The minimum Gasteiger partial charge on any atom is -0.390 e. The van der Waals surface area contributed by atoms with E-state index in [0.717, 1.165) is 19.4 Å². The van der Waals surface area contributed by atoms with Crippen molar-refractivity contribution in [3.63, 3.8) is 0 Å². The summed E-state index contributed by atoms with van der Waals surface area (Å²) in [5.74, 6) is 0.474. The van der Waals surface area contributed by atoms with Crippen LogP contribution in [0, 0.1) is 23.2 Å². The summed E-state index contributed by atoms with van der Waals surface area (Å²) in [6.07, 6.45) is 1.29. The van der Waals surface area contributed by atoms with Gasteiger partial charge in [0.25, 0.3) is 0 Å². The summed E-state index contributed by atoms with van der Waals surface area (Å²) >= 11 is 0. The van der Waals surface area contributed by atoms with E-state index in [1.165, 1.54) is 7.11 Å². The van der Waals surface area contributed by atoms with Gasteiger partial charge >= 0.3 is 0 Å². The molecule has 2 aliphatic carbocycles. The van der Waals surface area contributed by atoms with Gasteiger partial charge in [-0.1, -0.05) is 0 Å². The monoisotopic (exact) mass is 238 g/mol. The predicted molar refractivity (Wildman–Crippen MR) is 60.8 cm³/mol. The molecule has 5 atom stereocenters. The minimum absolute atomic E-state index is 0.0101. The number of methoxy groups -OCH3 is 1. The third-order valence-electron chi connectivity index (χ3n) is 4.55. The zero-order valence-electron chi connectivity index (χ0n) is 9.93. The van der Waals surface area contributed by atoms with E-state index in [1.54, 1.807) is 4.90 Å². The van der Waals surface area contributed by atoms with Crippen molar-refractivity contribution in [1.82, 2.24) is 4.90 Å². The third kappa shape index (κ3) is 1.45. The van der Waals surface area contributed by atoms with Gasteiger partial charge in [-0.15, -0.1) is 0 Å². The largest absolute Gasteiger partial charge is 0.390 e. The van der Waals surface area contributed by atoms with Gasteiger partial charge in [0.05, 0.1) is 12.1 Å². The molecule has 3 fully saturated rings. The van der Waals surface area contributed by atoms with Gasteiger partial charge in [-0.25, -0.2) is 0 Å². The second-order valence-corrected chi connectivity index (χ2v) is 5.47. The summed E-state index contributed by atoms with van der Waals surface area (Å²) in [6.45, 7) is 0.796. The SMILES string of the molecule is COCC(=O)N1CC2C[C@@H]3C(=N)[C@H](C2)C1[C@H]3O. The average Bonchev–Trinajstić information content (AvgIpc) is 2.46. The molecular formula is C12H18N2O3. The van der Waals surface area contributed by atoms with Crippen LogP contribution in [0.2, 0.25) is 0 Å². The van der Waals surface area contributed by atoms with E-state index in [0.29, 0.717) is 11.6 Å². The topological polar surface area (TPSA) is 73.6 Å². The van der Waals surface area contributed by atoms with Crippen LogP contribution in [0.25, 0.3) is 0 Å². The van der Waals surface area contributed by atoms with Gasteiger partial charge < -0.3 is 20.2 Å². The molecule has 1 aliphatic heterocycles. The van der Waals surface area contributed by atoms with Gasteiger partial charge in [-0.2, -0.15) is 0 Å². The molecule has 17 heavy (non-hydrogen) atoms. The predicted octanol–water partition coefficient (Wildman–Crippen LogP) is -0.120. The molecule has 0 spiro atoms. The Balaban J connectivity index is 1.89. The van der Waals surface area contributed by atoms with Crippen LogP contribution in [0.3, 0.4) is 0 Å². The number of likely N-dealkylation sites (tertiary alicyclic amines) is 1. The van der Waals surface area contributed by atoms with Crippen LogP contribution < -0.4 is 0 Å². The molecule has 0 aromatic carbocycles. The van der Waals surface area contributed by atoms with E-state index >= 15 is 0 Å². The van der Waals surface area contributed by atoms with Crippen LogP contribution in [-0.4, -0.2) is 54.0 Å². The summed E-state index contributed by atoms with van der Waals surface area (Å²) in [5, 5.41) is 18.3. The number of nitrogens with zero attached hydrogens (tertiary/aromatic N) is 1. The molecule has 3 rings (SSSR count). The van der Waals surface area contributed by atoms with Crippen molar-refractivity contribution in [3.05, 3.63) is 0 Å². The Morgan fingerprint density at radius 1 is 1.53 bits per heavy atom. The molecule has 1 saturated heterocycles. The molecule has 5 nitrogen and oxygen atoms in total. The molecular weight excluding hydrogens is 220 g/mol. The molecule has 1 heterocycles. The number of aliphatic hydroxyl groups is 1. The maximum Gasteiger partial charge on any atom is 0.248 e. The summed E-state index contributed by atoms with van der Waals surface area (Å²) in [7, 11) is 1.51. The van der Waals surface area contributed by atoms with E-state index < -0.39 is 6.10 Å². The van der Waals surface area contributed by atoms with Crippen molar-refractivity contribution in [1.29, 1.82) is 5.41 Å². The average molecular weight is 238 g/mol. The molecule has 2 unspecified atom stereocenters. The Hall–Kier alpha value is -0.940. The van der Waals surface area contributed by atoms with Gasteiger partial charge in [0.1, 0.15) is 6.61 Å². The van der Waals surface area contributed by atoms with Gasteiger partial charge in [0, 0.05) is 31.2 Å². The van der Waals surface area contributed by atoms with Crippen molar-refractivity contribution < 1.29 is 14.6 Å². The van der Waals surface area contributed by atoms with Crippen molar-refractivity contribution >= 4 is 11.6 Å². The summed E-state index contributed by atoms with van der Waals surface area (Å²) in [5.41, 5.74) is 0.661. The molecule has 2 N–H and O–H groups in total. The van der Waals surface area contributed by atoms with Gasteiger partial charge in [-0.3, -0.25) is 4.79 Å². The summed E-state index contributed by atoms with van der Waals surface area (Å²) < 4.78 is 4.89. The number of piperidine rings is 1. The number of ether oxygens (including phenoxy) is 1. The fraction of sp³-hybridized carbons (Fsp3) is 0.833. The lowest BCUT2D eigenvalue weighted by molar-refractivity contribution is -0.142. The second-order valence-electron chi connectivity index (χ2n) is 5.47. The van der Waals surface area contributed by atoms with Crippen LogP contribution >= 0.6 is 0 Å². The normalized spacial score (nSPS) is 43.3. The minimum atomic E-state index is -0.541. The molecule has 94 valence electrons. The number of carbonyl (C=O) groups is 1. The quantitative estimate of drug-likeness (QED) is 0.704. The van der Waals surface area contributed by atoms with E-state index in [2.05, 4.69) is 0 Å². The number of rotatable bonds is 2. The molecule has 3 aliphatic rings. The van der Waals surface area contributed by atoms with E-state index in [1.807, 2.05) is 0 Å². The zero-order valence-corrected chi connectivity index (χ0v) is 9.93. The first kappa shape index (κ1) is 11.2. The number of amides is 1. The standard InChI is InChI=1S/C12H18N2O3/c1-17-5-9(15)14-4-6-2-7-10(13)8(3-6)12(16)11(7)14/h6-8,11-13,16H,2-5H2,1H3/t6?,7-,8+,11?,12-/m0/s1. The number of hydrogen-bond donors (Lipinski definition) is 2. The number of fused-ring (bicyclic) bond motifs is 2. The van der Waals surface area contributed by atoms with E-state index in [4.69, 9.17) is 10.1 Å². The van der Waals surface area contributed by atoms with Crippen LogP contribution in [0.4, 0.5) is 0 Å². The maximum atomic E-state index is 12.0. The van der Waals surface area contributed by atoms with Crippen molar-refractivity contribution in [2.24, 2.45) is 17.8 Å². The fourth-order valence-electron chi connectivity index (χ4n) is 3.89. The summed E-state index contributed by atoms with van der Waals surface area (Å²) in [6, 6.07) is -0.172. The van der Waals surface area contributed by atoms with Gasteiger partial charge in [-0.05, 0) is 18.8 Å². The molecule has 1 amide bonds. The first-order chi connectivity index (χ1) is 8.13. The maximum absolute atomic E-state index is 12.0. The fourth-order valence-corrected chi connectivity index (χ4v) is 3.89. The summed E-state index contributed by atoms with van der Waals surface area (Å²) in [4.78, 5) is 13.7. The molecule has 0 aromatic heterocycles. The molecule has 0 aromatic rings. The lowest BCUT2D eigenvalue weighted by atomic mass is 9.76. The van der Waals surface area contributed by atoms with Gasteiger partial charge in [0.2, 0.25) is 5.91 Å². The van der Waals surface area contributed by atoms with Crippen molar-refractivity contribution in [2.45, 2.75) is 25.0 Å². The van der Waals surface area contributed by atoms with E-state index in [-0.39, 0.29) is 30.4 Å². The highest BCUT2D eigenvalue weighted by Gasteiger charge is 2.57. The molecule has 2 saturated carbocycles. The first-order valence-electron chi connectivity index (χ1n) is 6.18. The van der Waals surface area contributed by atoms with Crippen molar-refractivity contribution in [3.8, 4) is 0 Å². The number of carbonyl (C=O) groups excluding carboxylic acids is 1. The Kier molecular flexibility index (Phi) is 2.48.